The Hall–Kier alpha value is -1.88. The predicted molar refractivity (Wildman–Crippen MR) is 96.3 cm³/mol. The molecule has 0 aromatic heterocycles. The van der Waals surface area contributed by atoms with Crippen molar-refractivity contribution in [3.8, 4) is 0 Å². The molecule has 2 rings (SSSR count). The monoisotopic (exact) mass is 349 g/mol. The second-order valence-corrected chi connectivity index (χ2v) is 7.54. The van der Waals surface area contributed by atoms with Gasteiger partial charge >= 0.3 is 6.09 Å². The quantitative estimate of drug-likeness (QED) is 0.621. The number of ether oxygens (including phenoxy) is 1. The smallest absolute Gasteiger partial charge is 0.407 e. The summed E-state index contributed by atoms with van der Waals surface area (Å²) < 4.78 is 20.6. The van der Waals surface area contributed by atoms with Crippen molar-refractivity contribution in [2.75, 3.05) is 13.2 Å². The molecule has 1 aromatic carbocycles. The van der Waals surface area contributed by atoms with Crippen LogP contribution in [0.25, 0.3) is 0 Å². The zero-order valence-electron chi connectivity index (χ0n) is 15.2. The highest BCUT2D eigenvalue weighted by Gasteiger charge is 2.44. The zero-order valence-corrected chi connectivity index (χ0v) is 15.2. The summed E-state index contributed by atoms with van der Waals surface area (Å²) in [7, 11) is 0. The maximum atomic E-state index is 15.0. The van der Waals surface area contributed by atoms with Gasteiger partial charge < -0.3 is 14.7 Å². The number of carboxylic acid groups (broad SMARTS) is 1. The fourth-order valence-electron chi connectivity index (χ4n) is 3.31. The minimum absolute atomic E-state index is 0.342. The van der Waals surface area contributed by atoms with Gasteiger partial charge in [0.1, 0.15) is 6.17 Å². The Morgan fingerprint density at radius 1 is 1.36 bits per heavy atom. The van der Waals surface area contributed by atoms with E-state index in [-0.39, 0.29) is 0 Å². The fourth-order valence-corrected chi connectivity index (χ4v) is 3.31. The van der Waals surface area contributed by atoms with Crippen molar-refractivity contribution in [2.45, 2.75) is 52.4 Å². The lowest BCUT2D eigenvalue weighted by molar-refractivity contribution is 0.0297. The predicted octanol–water partition coefficient (Wildman–Crippen LogP) is 4.66. The summed E-state index contributed by atoms with van der Waals surface area (Å²) in [6.07, 6.45) is 0.644. The lowest BCUT2D eigenvalue weighted by atomic mass is 9.77. The van der Waals surface area contributed by atoms with Gasteiger partial charge in [-0.25, -0.2) is 9.18 Å². The summed E-state index contributed by atoms with van der Waals surface area (Å²) in [4.78, 5) is 12.7. The van der Waals surface area contributed by atoms with Crippen LogP contribution in [0, 0.1) is 5.41 Å². The number of piperidine rings is 1. The summed E-state index contributed by atoms with van der Waals surface area (Å²) in [5, 5.41) is 9.35. The summed E-state index contributed by atoms with van der Waals surface area (Å²) in [5.41, 5.74) is 1.35. The van der Waals surface area contributed by atoms with Gasteiger partial charge in [0, 0.05) is 6.54 Å². The van der Waals surface area contributed by atoms with Gasteiger partial charge in [-0.2, -0.15) is 0 Å². The van der Waals surface area contributed by atoms with E-state index >= 15 is 0 Å². The topological polar surface area (TPSA) is 49.8 Å². The molecular weight excluding hydrogens is 321 g/mol. The summed E-state index contributed by atoms with van der Waals surface area (Å²) in [6.45, 7) is 7.05. The van der Waals surface area contributed by atoms with Crippen LogP contribution in [0.3, 0.4) is 0 Å². The van der Waals surface area contributed by atoms with E-state index < -0.39 is 23.7 Å². The Morgan fingerprint density at radius 3 is 2.64 bits per heavy atom. The number of amides is 1. The minimum atomic E-state index is -1.26. The van der Waals surface area contributed by atoms with Crippen molar-refractivity contribution in [3.63, 3.8) is 0 Å². The lowest BCUT2D eigenvalue weighted by Gasteiger charge is -2.44. The van der Waals surface area contributed by atoms with Crippen LogP contribution in [-0.4, -0.2) is 41.5 Å². The van der Waals surface area contributed by atoms with Crippen LogP contribution in [0.15, 0.2) is 42.0 Å². The third kappa shape index (κ3) is 5.30. The molecule has 0 bridgehead atoms. The molecule has 0 radical (unpaired) electrons. The van der Waals surface area contributed by atoms with Crippen LogP contribution in [-0.2, 0) is 11.3 Å². The first-order valence-electron chi connectivity index (χ1n) is 8.75. The normalized spacial score (nSPS) is 23.0. The van der Waals surface area contributed by atoms with Crippen molar-refractivity contribution in [3.05, 3.63) is 47.5 Å². The van der Waals surface area contributed by atoms with E-state index in [1.54, 1.807) is 0 Å². The molecule has 1 saturated heterocycles. The van der Waals surface area contributed by atoms with E-state index in [9.17, 15) is 14.3 Å². The maximum absolute atomic E-state index is 15.0. The molecule has 1 aliphatic rings. The van der Waals surface area contributed by atoms with E-state index in [2.05, 4.69) is 0 Å². The molecule has 2 unspecified atom stereocenters. The summed E-state index contributed by atoms with van der Waals surface area (Å²) in [5.74, 6) is 0. The van der Waals surface area contributed by atoms with Gasteiger partial charge in [-0.1, -0.05) is 57.2 Å². The Labute approximate surface area is 149 Å². The molecular formula is C20H28FNO3. The molecule has 1 aliphatic heterocycles. The molecule has 4 nitrogen and oxygen atoms in total. The molecule has 0 saturated carbocycles. The Bertz CT molecular complexity index is 595. The maximum Gasteiger partial charge on any atom is 0.407 e. The average Bonchev–Trinajstić information content (AvgIpc) is 2.55. The van der Waals surface area contributed by atoms with E-state index in [4.69, 9.17) is 4.74 Å². The highest BCUT2D eigenvalue weighted by atomic mass is 19.1. The number of benzene rings is 1. The SMILES string of the molecule is CC(C)(C)C1C(F)C(=CCCOCc2ccccc2)CCN1C(=O)O. The number of likely N-dealkylation sites (tertiary alicyclic amines) is 1. The zero-order chi connectivity index (χ0) is 18.4. The van der Waals surface area contributed by atoms with Gasteiger partial charge in [0.25, 0.3) is 0 Å². The molecule has 0 aliphatic carbocycles. The molecule has 5 heteroatoms. The van der Waals surface area contributed by atoms with Crippen molar-refractivity contribution in [2.24, 2.45) is 5.41 Å². The highest BCUT2D eigenvalue weighted by Crippen LogP contribution is 2.36. The molecule has 138 valence electrons. The first kappa shape index (κ1) is 19.4. The van der Waals surface area contributed by atoms with E-state index in [0.29, 0.717) is 38.2 Å². The van der Waals surface area contributed by atoms with Crippen LogP contribution in [0.4, 0.5) is 9.18 Å². The number of hydrogen-bond donors (Lipinski definition) is 1. The molecule has 1 fully saturated rings. The molecule has 25 heavy (non-hydrogen) atoms. The standard InChI is InChI=1S/C20H28FNO3/c1-20(2,3)18-17(21)16(11-12-22(18)19(23)24)10-7-13-25-14-15-8-5-4-6-9-15/h4-6,8-10,17-18H,7,11-14H2,1-3H3,(H,23,24). The van der Waals surface area contributed by atoms with E-state index in [0.717, 1.165) is 5.56 Å². The van der Waals surface area contributed by atoms with Crippen LogP contribution in [0.2, 0.25) is 0 Å². The van der Waals surface area contributed by atoms with Gasteiger partial charge in [0.15, 0.2) is 0 Å². The third-order valence-electron chi connectivity index (χ3n) is 4.52. The highest BCUT2D eigenvalue weighted by molar-refractivity contribution is 5.66. The third-order valence-corrected chi connectivity index (χ3v) is 4.52. The molecule has 2 atom stereocenters. The first-order valence-corrected chi connectivity index (χ1v) is 8.75. The van der Waals surface area contributed by atoms with Gasteiger partial charge in [-0.3, -0.25) is 0 Å². The molecule has 1 aromatic rings. The first-order chi connectivity index (χ1) is 11.8. The van der Waals surface area contributed by atoms with Crippen LogP contribution < -0.4 is 0 Å². The van der Waals surface area contributed by atoms with Crippen LogP contribution in [0.5, 0.6) is 0 Å². The Morgan fingerprint density at radius 2 is 2.04 bits per heavy atom. The van der Waals surface area contributed by atoms with Crippen molar-refractivity contribution < 1.29 is 19.0 Å². The van der Waals surface area contributed by atoms with E-state index in [1.165, 1.54) is 4.90 Å². The van der Waals surface area contributed by atoms with Crippen molar-refractivity contribution >= 4 is 6.09 Å². The average molecular weight is 349 g/mol. The number of carbonyl (C=O) groups is 1. The van der Waals surface area contributed by atoms with Crippen molar-refractivity contribution in [1.29, 1.82) is 0 Å². The van der Waals surface area contributed by atoms with Crippen molar-refractivity contribution in [1.82, 2.24) is 4.90 Å². The summed E-state index contributed by atoms with van der Waals surface area (Å²) >= 11 is 0. The molecule has 1 N–H and O–H groups in total. The second kappa shape index (κ2) is 8.48. The number of hydrogen-bond acceptors (Lipinski definition) is 2. The Kier molecular flexibility index (Phi) is 6.59. The van der Waals surface area contributed by atoms with Gasteiger partial charge in [0.05, 0.1) is 19.3 Å². The molecule has 1 amide bonds. The van der Waals surface area contributed by atoms with Gasteiger partial charge in [0.2, 0.25) is 0 Å². The second-order valence-electron chi connectivity index (χ2n) is 7.54. The lowest BCUT2D eigenvalue weighted by Crippen LogP contribution is -2.56. The van der Waals surface area contributed by atoms with Crippen LogP contribution >= 0.6 is 0 Å². The Balaban J connectivity index is 1.90. The number of nitrogens with zero attached hydrogens (tertiary/aromatic N) is 1. The molecule has 1 heterocycles. The number of alkyl halides is 1. The van der Waals surface area contributed by atoms with Gasteiger partial charge in [-0.15, -0.1) is 0 Å². The van der Waals surface area contributed by atoms with Gasteiger partial charge in [-0.05, 0) is 29.4 Å². The van der Waals surface area contributed by atoms with Crippen LogP contribution in [0.1, 0.15) is 39.2 Å². The fraction of sp³-hybridized carbons (Fsp3) is 0.550. The molecule has 0 spiro atoms. The number of rotatable bonds is 5. The van der Waals surface area contributed by atoms with E-state index in [1.807, 2.05) is 57.2 Å². The largest absolute Gasteiger partial charge is 0.465 e. The summed E-state index contributed by atoms with van der Waals surface area (Å²) in [6, 6.07) is 9.26. The minimum Gasteiger partial charge on any atom is -0.465 e. The number of halogens is 1.